The van der Waals surface area contributed by atoms with Crippen LogP contribution in [0.3, 0.4) is 0 Å². The summed E-state index contributed by atoms with van der Waals surface area (Å²) in [5.41, 5.74) is 1.68. The number of cyclic esters (lactones) is 1. The average Bonchev–Trinajstić information content (AvgIpc) is 3.10. The summed E-state index contributed by atoms with van der Waals surface area (Å²) in [5, 5.41) is 0. The molecule has 0 bridgehead atoms. The van der Waals surface area contributed by atoms with Crippen molar-refractivity contribution < 1.29 is 23.5 Å². The van der Waals surface area contributed by atoms with Crippen molar-refractivity contribution >= 4 is 23.9 Å². The van der Waals surface area contributed by atoms with Gasteiger partial charge < -0.3 is 9.47 Å². The van der Waals surface area contributed by atoms with E-state index in [4.69, 9.17) is 9.47 Å². The summed E-state index contributed by atoms with van der Waals surface area (Å²) < 4.78 is 23.5. The van der Waals surface area contributed by atoms with E-state index in [1.807, 2.05) is 18.2 Å². The van der Waals surface area contributed by atoms with Gasteiger partial charge in [-0.25, -0.2) is 19.0 Å². The van der Waals surface area contributed by atoms with Crippen LogP contribution in [0.15, 0.2) is 89.6 Å². The van der Waals surface area contributed by atoms with Gasteiger partial charge in [-0.15, -0.1) is 0 Å². The number of benzene rings is 3. The highest BCUT2D eigenvalue weighted by atomic mass is 19.1. The van der Waals surface area contributed by atoms with Crippen LogP contribution in [0.5, 0.6) is 5.75 Å². The Morgan fingerprint density at radius 1 is 0.966 bits per heavy atom. The molecule has 3 aromatic rings. The second-order valence-electron chi connectivity index (χ2n) is 6.17. The monoisotopic (exact) mass is 387 g/mol. The molecular formula is C23H14FNO4. The van der Waals surface area contributed by atoms with Crippen molar-refractivity contribution in [2.45, 2.75) is 0 Å². The predicted molar refractivity (Wildman–Crippen MR) is 105 cm³/mol. The number of halogens is 1. The third-order valence-electron chi connectivity index (χ3n) is 4.09. The summed E-state index contributed by atoms with van der Waals surface area (Å²) in [6, 6.07) is 20.8. The fourth-order valence-electron chi connectivity index (χ4n) is 2.69. The van der Waals surface area contributed by atoms with E-state index in [9.17, 15) is 14.0 Å². The number of esters is 2. The SMILES string of the molecule is O=C1OC(c2ccccc2)=N/C1=C/c1cccc(OC(=O)c2ccc(F)cc2)c1. The second-order valence-corrected chi connectivity index (χ2v) is 6.17. The van der Waals surface area contributed by atoms with Gasteiger partial charge in [-0.3, -0.25) is 0 Å². The Labute approximate surface area is 165 Å². The Morgan fingerprint density at radius 2 is 1.72 bits per heavy atom. The minimum Gasteiger partial charge on any atom is -0.423 e. The first kappa shape index (κ1) is 18.3. The summed E-state index contributed by atoms with van der Waals surface area (Å²) in [5.74, 6) is -1.08. The molecule has 1 aliphatic heterocycles. The Bertz CT molecular complexity index is 1140. The summed E-state index contributed by atoms with van der Waals surface area (Å²) in [6.07, 6.45) is 1.55. The third kappa shape index (κ3) is 4.27. The van der Waals surface area contributed by atoms with Gasteiger partial charge in [0.2, 0.25) is 5.90 Å². The van der Waals surface area contributed by atoms with E-state index >= 15 is 0 Å². The van der Waals surface area contributed by atoms with Crippen LogP contribution in [-0.2, 0) is 9.53 Å². The fourth-order valence-corrected chi connectivity index (χ4v) is 2.69. The molecule has 3 aromatic carbocycles. The Kier molecular flexibility index (Phi) is 4.99. The van der Waals surface area contributed by atoms with E-state index in [-0.39, 0.29) is 22.9 Å². The molecule has 6 heteroatoms. The molecule has 5 nitrogen and oxygen atoms in total. The molecule has 0 aliphatic carbocycles. The number of carbonyl (C=O) groups is 2. The smallest absolute Gasteiger partial charge is 0.363 e. The highest BCUT2D eigenvalue weighted by Gasteiger charge is 2.24. The van der Waals surface area contributed by atoms with Crippen LogP contribution < -0.4 is 4.74 Å². The number of nitrogens with zero attached hydrogens (tertiary/aromatic N) is 1. The molecule has 0 amide bonds. The minimum absolute atomic E-state index is 0.144. The van der Waals surface area contributed by atoms with E-state index in [1.54, 1.807) is 42.5 Å². The highest BCUT2D eigenvalue weighted by molar-refractivity contribution is 6.12. The molecule has 0 N–H and O–H groups in total. The van der Waals surface area contributed by atoms with Gasteiger partial charge in [0.05, 0.1) is 5.56 Å². The van der Waals surface area contributed by atoms with Gasteiger partial charge in [0.1, 0.15) is 11.6 Å². The normalized spacial score (nSPS) is 14.4. The topological polar surface area (TPSA) is 65.0 Å². The maximum atomic E-state index is 13.0. The largest absolute Gasteiger partial charge is 0.423 e. The first-order valence-electron chi connectivity index (χ1n) is 8.74. The van der Waals surface area contributed by atoms with Gasteiger partial charge in [-0.2, -0.15) is 0 Å². The number of carbonyl (C=O) groups excluding carboxylic acids is 2. The van der Waals surface area contributed by atoms with Gasteiger partial charge in [-0.05, 0) is 60.2 Å². The first-order chi connectivity index (χ1) is 14.1. The Balaban J connectivity index is 1.54. The lowest BCUT2D eigenvalue weighted by Gasteiger charge is -2.05. The van der Waals surface area contributed by atoms with Crippen LogP contribution in [0.25, 0.3) is 6.08 Å². The minimum atomic E-state index is -0.612. The number of rotatable bonds is 4. The summed E-state index contributed by atoms with van der Waals surface area (Å²) in [6.45, 7) is 0. The molecular weight excluding hydrogens is 373 g/mol. The van der Waals surface area contributed by atoms with Crippen molar-refractivity contribution in [1.82, 2.24) is 0 Å². The van der Waals surface area contributed by atoms with E-state index < -0.39 is 17.8 Å². The van der Waals surface area contributed by atoms with Gasteiger partial charge >= 0.3 is 11.9 Å². The second kappa shape index (κ2) is 7.90. The van der Waals surface area contributed by atoms with Gasteiger partial charge in [0.15, 0.2) is 5.70 Å². The fraction of sp³-hybridized carbons (Fsp3) is 0. The Morgan fingerprint density at radius 3 is 2.48 bits per heavy atom. The molecule has 1 heterocycles. The van der Waals surface area contributed by atoms with Crippen LogP contribution in [-0.4, -0.2) is 17.8 Å². The number of aliphatic imine (C=N–C) groups is 1. The zero-order chi connectivity index (χ0) is 20.2. The van der Waals surface area contributed by atoms with E-state index in [2.05, 4.69) is 4.99 Å². The molecule has 0 atom stereocenters. The quantitative estimate of drug-likeness (QED) is 0.378. The number of hydrogen-bond donors (Lipinski definition) is 0. The zero-order valence-electron chi connectivity index (χ0n) is 15.0. The molecule has 0 fully saturated rings. The van der Waals surface area contributed by atoms with Gasteiger partial charge in [0, 0.05) is 5.56 Å². The van der Waals surface area contributed by atoms with Crippen molar-refractivity contribution in [2.75, 3.05) is 0 Å². The molecule has 1 aliphatic rings. The molecule has 0 aromatic heterocycles. The molecule has 29 heavy (non-hydrogen) atoms. The summed E-state index contributed by atoms with van der Waals surface area (Å²) in [7, 11) is 0. The maximum Gasteiger partial charge on any atom is 0.363 e. The van der Waals surface area contributed by atoms with Crippen LogP contribution in [0.2, 0.25) is 0 Å². The molecule has 0 radical (unpaired) electrons. The molecule has 142 valence electrons. The number of ether oxygens (including phenoxy) is 2. The lowest BCUT2D eigenvalue weighted by molar-refractivity contribution is -0.129. The summed E-state index contributed by atoms with van der Waals surface area (Å²) in [4.78, 5) is 28.5. The Hall–Kier alpha value is -4.06. The lowest BCUT2D eigenvalue weighted by Crippen LogP contribution is -2.08. The first-order valence-corrected chi connectivity index (χ1v) is 8.74. The predicted octanol–water partition coefficient (Wildman–Crippen LogP) is 4.39. The van der Waals surface area contributed by atoms with Crippen LogP contribution in [0.1, 0.15) is 21.5 Å². The maximum absolute atomic E-state index is 13.0. The van der Waals surface area contributed by atoms with Crippen molar-refractivity contribution in [3.8, 4) is 5.75 Å². The van der Waals surface area contributed by atoms with E-state index in [0.717, 1.165) is 0 Å². The average molecular weight is 387 g/mol. The molecule has 0 saturated heterocycles. The third-order valence-corrected chi connectivity index (χ3v) is 4.09. The molecule has 4 rings (SSSR count). The zero-order valence-corrected chi connectivity index (χ0v) is 15.0. The van der Waals surface area contributed by atoms with Crippen molar-refractivity contribution in [3.63, 3.8) is 0 Å². The van der Waals surface area contributed by atoms with Crippen molar-refractivity contribution in [1.29, 1.82) is 0 Å². The summed E-state index contributed by atoms with van der Waals surface area (Å²) >= 11 is 0. The lowest BCUT2D eigenvalue weighted by atomic mass is 10.2. The van der Waals surface area contributed by atoms with E-state index in [1.165, 1.54) is 24.3 Å². The van der Waals surface area contributed by atoms with Crippen LogP contribution in [0, 0.1) is 5.82 Å². The van der Waals surface area contributed by atoms with Crippen LogP contribution in [0.4, 0.5) is 4.39 Å². The van der Waals surface area contributed by atoms with Gasteiger partial charge in [0.25, 0.3) is 0 Å². The van der Waals surface area contributed by atoms with Gasteiger partial charge in [-0.1, -0.05) is 30.3 Å². The van der Waals surface area contributed by atoms with E-state index in [0.29, 0.717) is 11.1 Å². The number of hydrogen-bond acceptors (Lipinski definition) is 5. The van der Waals surface area contributed by atoms with Crippen molar-refractivity contribution in [3.05, 3.63) is 107 Å². The molecule has 0 saturated carbocycles. The standard InChI is InChI=1S/C23H14FNO4/c24-18-11-9-17(10-12-18)22(26)28-19-8-4-5-15(13-19)14-20-23(27)29-21(25-20)16-6-2-1-3-7-16/h1-14H/b20-14+. The van der Waals surface area contributed by atoms with Crippen molar-refractivity contribution in [2.24, 2.45) is 4.99 Å². The van der Waals surface area contributed by atoms with Crippen LogP contribution >= 0.6 is 0 Å². The highest BCUT2D eigenvalue weighted by Crippen LogP contribution is 2.22. The molecule has 0 unspecified atom stereocenters. The molecule has 0 spiro atoms.